The standard InChI is InChI=1S/C48H72N2O5/c1-4-7-10-13-16-17-18-19-22-25-32-53-42-30-31-45(49-38-40-26-28-43(36-47(40)51)54-33-23-20-14-11-8-5-2)46(35-42)50-39-41-27-29-44(37-48(41)52)55-34-24-21-15-12-9-6-3/h26-31,35-39,51-52H,4-25,32-34H2,1-3H3. The number of unbranched alkanes of at least 4 members (excludes halogenated alkanes) is 19. The van der Waals surface area contributed by atoms with Crippen molar-refractivity contribution in [3.63, 3.8) is 0 Å². The second-order valence-corrected chi connectivity index (χ2v) is 14.9. The van der Waals surface area contributed by atoms with E-state index in [-0.39, 0.29) is 11.5 Å². The fourth-order valence-corrected chi connectivity index (χ4v) is 6.45. The maximum absolute atomic E-state index is 10.8. The summed E-state index contributed by atoms with van der Waals surface area (Å²) in [7, 11) is 0. The van der Waals surface area contributed by atoms with Crippen LogP contribution in [0.4, 0.5) is 11.4 Å². The fourth-order valence-electron chi connectivity index (χ4n) is 6.45. The number of benzene rings is 3. The molecule has 0 spiro atoms. The Bertz CT molecular complexity index is 1500. The molecule has 0 fully saturated rings. The molecule has 0 aliphatic carbocycles. The lowest BCUT2D eigenvalue weighted by atomic mass is 10.1. The van der Waals surface area contributed by atoms with Gasteiger partial charge in [0.2, 0.25) is 0 Å². The largest absolute Gasteiger partial charge is 0.507 e. The molecule has 0 unspecified atom stereocenters. The molecule has 0 heterocycles. The topological polar surface area (TPSA) is 92.9 Å². The minimum atomic E-state index is 0.103. The van der Waals surface area contributed by atoms with Crippen LogP contribution in [0.25, 0.3) is 0 Å². The molecule has 3 aromatic rings. The molecule has 0 aromatic heterocycles. The van der Waals surface area contributed by atoms with E-state index in [1.165, 1.54) is 103 Å². The number of hydrogen-bond acceptors (Lipinski definition) is 7. The molecule has 55 heavy (non-hydrogen) atoms. The molecule has 0 bridgehead atoms. The molecular formula is C48H72N2O5. The van der Waals surface area contributed by atoms with Crippen LogP contribution in [0.15, 0.2) is 64.6 Å². The van der Waals surface area contributed by atoms with E-state index in [9.17, 15) is 10.2 Å². The van der Waals surface area contributed by atoms with Gasteiger partial charge in [0.15, 0.2) is 0 Å². The number of rotatable bonds is 32. The van der Waals surface area contributed by atoms with Gasteiger partial charge < -0.3 is 24.4 Å². The summed E-state index contributed by atoms with van der Waals surface area (Å²) in [6.45, 7) is 8.63. The highest BCUT2D eigenvalue weighted by molar-refractivity contribution is 5.90. The highest BCUT2D eigenvalue weighted by atomic mass is 16.5. The van der Waals surface area contributed by atoms with Crippen LogP contribution in [0.2, 0.25) is 0 Å². The third-order valence-corrected chi connectivity index (χ3v) is 9.94. The predicted molar refractivity (Wildman–Crippen MR) is 232 cm³/mol. The highest BCUT2D eigenvalue weighted by Crippen LogP contribution is 2.34. The molecule has 0 aliphatic heterocycles. The van der Waals surface area contributed by atoms with E-state index in [0.717, 1.165) is 44.3 Å². The zero-order valence-corrected chi connectivity index (χ0v) is 34.5. The van der Waals surface area contributed by atoms with E-state index in [1.807, 2.05) is 42.5 Å². The SMILES string of the molecule is CCCCCCCCCCCCOc1ccc(N=Cc2ccc(OCCCCCCCC)cc2O)c(N=Cc2ccc(OCCCCCCCC)cc2O)c1. The lowest BCUT2D eigenvalue weighted by Gasteiger charge is -2.10. The van der Waals surface area contributed by atoms with Crippen LogP contribution in [-0.4, -0.2) is 42.5 Å². The molecule has 3 rings (SSSR count). The first kappa shape index (κ1) is 45.4. The average Bonchev–Trinajstić information content (AvgIpc) is 3.19. The van der Waals surface area contributed by atoms with Crippen LogP contribution in [0, 0.1) is 0 Å². The quantitative estimate of drug-likeness (QED) is 0.0489. The number of hydrogen-bond donors (Lipinski definition) is 2. The summed E-state index contributed by atoms with van der Waals surface area (Å²) in [6.07, 6.45) is 30.4. The molecule has 0 radical (unpaired) electrons. The van der Waals surface area contributed by atoms with Gasteiger partial charge in [0.05, 0.1) is 31.2 Å². The normalized spacial score (nSPS) is 11.5. The van der Waals surface area contributed by atoms with Gasteiger partial charge in [-0.2, -0.15) is 0 Å². The number of aromatic hydroxyl groups is 2. The second-order valence-electron chi connectivity index (χ2n) is 14.9. The summed E-state index contributed by atoms with van der Waals surface area (Å²) in [5, 5.41) is 21.6. The summed E-state index contributed by atoms with van der Waals surface area (Å²) in [5.41, 5.74) is 2.37. The highest BCUT2D eigenvalue weighted by Gasteiger charge is 2.08. The Morgan fingerprint density at radius 2 is 0.727 bits per heavy atom. The summed E-state index contributed by atoms with van der Waals surface area (Å²) in [6, 6.07) is 16.3. The zero-order valence-electron chi connectivity index (χ0n) is 34.5. The minimum absolute atomic E-state index is 0.103. The first-order valence-corrected chi connectivity index (χ1v) is 21.8. The van der Waals surface area contributed by atoms with Crippen LogP contribution in [-0.2, 0) is 0 Å². The van der Waals surface area contributed by atoms with Gasteiger partial charge in [0, 0.05) is 41.8 Å². The number of nitrogens with zero attached hydrogens (tertiary/aromatic N) is 2. The molecule has 7 nitrogen and oxygen atoms in total. The fraction of sp³-hybridized carbons (Fsp3) is 0.583. The molecule has 0 saturated carbocycles. The lowest BCUT2D eigenvalue weighted by Crippen LogP contribution is -1.98. The van der Waals surface area contributed by atoms with Gasteiger partial charge >= 0.3 is 0 Å². The van der Waals surface area contributed by atoms with Crippen molar-refractivity contribution in [1.82, 2.24) is 0 Å². The molecule has 3 aromatic carbocycles. The van der Waals surface area contributed by atoms with Crippen molar-refractivity contribution in [3.05, 3.63) is 65.7 Å². The van der Waals surface area contributed by atoms with E-state index in [1.54, 1.807) is 24.6 Å². The van der Waals surface area contributed by atoms with Crippen molar-refractivity contribution in [2.75, 3.05) is 19.8 Å². The molecule has 0 amide bonds. The van der Waals surface area contributed by atoms with Gasteiger partial charge in [0.25, 0.3) is 0 Å². The van der Waals surface area contributed by atoms with Crippen molar-refractivity contribution in [2.45, 2.75) is 162 Å². The van der Waals surface area contributed by atoms with Crippen LogP contribution >= 0.6 is 0 Å². The molecule has 7 heteroatoms. The average molecular weight is 757 g/mol. The van der Waals surface area contributed by atoms with E-state index in [0.29, 0.717) is 53.8 Å². The molecule has 0 atom stereocenters. The maximum atomic E-state index is 10.8. The van der Waals surface area contributed by atoms with Gasteiger partial charge in [0.1, 0.15) is 28.7 Å². The van der Waals surface area contributed by atoms with Gasteiger partial charge in [-0.1, -0.05) is 143 Å². The Hall–Kier alpha value is -4.00. The monoisotopic (exact) mass is 757 g/mol. The van der Waals surface area contributed by atoms with E-state index in [2.05, 4.69) is 20.8 Å². The lowest BCUT2D eigenvalue weighted by molar-refractivity contribution is 0.302. The molecule has 0 aliphatic rings. The Labute approximate surface area is 333 Å². The van der Waals surface area contributed by atoms with E-state index in [4.69, 9.17) is 24.2 Å². The van der Waals surface area contributed by atoms with Gasteiger partial charge in [-0.25, -0.2) is 0 Å². The van der Waals surface area contributed by atoms with Crippen molar-refractivity contribution >= 4 is 23.8 Å². The predicted octanol–water partition coefficient (Wildman–Crippen LogP) is 14.4. The zero-order chi connectivity index (χ0) is 39.2. The summed E-state index contributed by atoms with van der Waals surface area (Å²) >= 11 is 0. The van der Waals surface area contributed by atoms with Gasteiger partial charge in [-0.05, 0) is 55.7 Å². The number of phenols is 2. The first-order chi connectivity index (χ1) is 27.0. The van der Waals surface area contributed by atoms with Crippen LogP contribution in [0.5, 0.6) is 28.7 Å². The third-order valence-electron chi connectivity index (χ3n) is 9.94. The number of ether oxygens (including phenoxy) is 3. The van der Waals surface area contributed by atoms with Crippen molar-refractivity contribution in [3.8, 4) is 28.7 Å². The molecule has 304 valence electrons. The van der Waals surface area contributed by atoms with E-state index < -0.39 is 0 Å². The third kappa shape index (κ3) is 19.9. The van der Waals surface area contributed by atoms with Gasteiger partial charge in [-0.15, -0.1) is 0 Å². The smallest absolute Gasteiger partial charge is 0.128 e. The number of aliphatic imine (C=N–C) groups is 2. The van der Waals surface area contributed by atoms with Crippen molar-refractivity contribution < 1.29 is 24.4 Å². The van der Waals surface area contributed by atoms with Crippen LogP contribution in [0.1, 0.15) is 173 Å². The number of phenolic OH excluding ortho intramolecular Hbond substituents is 2. The first-order valence-electron chi connectivity index (χ1n) is 21.8. The minimum Gasteiger partial charge on any atom is -0.507 e. The summed E-state index contributed by atoms with van der Waals surface area (Å²) < 4.78 is 17.9. The maximum Gasteiger partial charge on any atom is 0.128 e. The van der Waals surface area contributed by atoms with Crippen LogP contribution in [0.3, 0.4) is 0 Å². The Morgan fingerprint density at radius 3 is 1.11 bits per heavy atom. The Kier molecular flexibility index (Phi) is 24.2. The molecule has 2 N–H and O–H groups in total. The summed E-state index contributed by atoms with van der Waals surface area (Å²) in [5.74, 6) is 2.23. The Balaban J connectivity index is 1.63. The summed E-state index contributed by atoms with van der Waals surface area (Å²) in [4.78, 5) is 9.47. The Morgan fingerprint density at radius 1 is 0.400 bits per heavy atom. The van der Waals surface area contributed by atoms with Gasteiger partial charge in [-0.3, -0.25) is 9.98 Å². The molecule has 0 saturated heterocycles. The second kappa shape index (κ2) is 29.3. The van der Waals surface area contributed by atoms with E-state index >= 15 is 0 Å². The van der Waals surface area contributed by atoms with Crippen LogP contribution < -0.4 is 14.2 Å². The van der Waals surface area contributed by atoms with Crippen molar-refractivity contribution in [1.29, 1.82) is 0 Å². The van der Waals surface area contributed by atoms with Crippen molar-refractivity contribution in [2.24, 2.45) is 9.98 Å². The molecular weight excluding hydrogens is 685 g/mol.